The average molecular weight is 524 g/mol. The molecule has 1 aliphatic carbocycles. The summed E-state index contributed by atoms with van der Waals surface area (Å²) in [6, 6.07) is 24.4. The quantitative estimate of drug-likeness (QED) is 0.286. The number of rotatable bonds is 4. The predicted molar refractivity (Wildman–Crippen MR) is 150 cm³/mol. The van der Waals surface area contributed by atoms with E-state index in [4.69, 9.17) is 10.1 Å². The van der Waals surface area contributed by atoms with Crippen molar-refractivity contribution in [3.05, 3.63) is 122 Å². The van der Waals surface area contributed by atoms with Gasteiger partial charge in [0.15, 0.2) is 5.69 Å². The molecule has 0 amide bonds. The minimum Gasteiger partial charge on any atom is -0.283 e. The Morgan fingerprint density at radius 1 is 0.895 bits per heavy atom. The zero-order chi connectivity index (χ0) is 26.2. The van der Waals surface area contributed by atoms with Crippen LogP contribution in [0.5, 0.6) is 0 Å². The molecule has 8 heteroatoms. The summed E-state index contributed by atoms with van der Waals surface area (Å²) in [6.07, 6.45) is 2.80. The van der Waals surface area contributed by atoms with Crippen molar-refractivity contribution in [2.24, 2.45) is 17.1 Å². The minimum absolute atomic E-state index is 0.223. The number of nitrogens with zero attached hydrogens (tertiary/aromatic N) is 5. The van der Waals surface area contributed by atoms with Crippen molar-refractivity contribution in [1.29, 1.82) is 0 Å². The maximum absolute atomic E-state index is 14.9. The van der Waals surface area contributed by atoms with Crippen molar-refractivity contribution in [3.63, 3.8) is 0 Å². The average Bonchev–Trinajstić information content (AvgIpc) is 3.42. The van der Waals surface area contributed by atoms with E-state index in [9.17, 15) is 9.18 Å². The number of para-hydroxylation sites is 1. The number of aromatic nitrogens is 3. The molecule has 1 aliphatic rings. The normalized spacial score (nSPS) is 14.7. The van der Waals surface area contributed by atoms with E-state index < -0.39 is 0 Å². The van der Waals surface area contributed by atoms with Gasteiger partial charge in [-0.2, -0.15) is 5.10 Å². The Kier molecular flexibility index (Phi) is 6.25. The SMILES string of the molecule is Cc1c(N=c2scc(-c3ccccc3F)n2N=C2CCCc3ccccc32)c(=O)n(-c2ccccc2)n1C. The molecule has 0 saturated heterocycles. The van der Waals surface area contributed by atoms with Crippen LogP contribution in [0.3, 0.4) is 0 Å². The highest BCUT2D eigenvalue weighted by atomic mass is 32.1. The molecule has 0 unspecified atom stereocenters. The fraction of sp³-hybridized carbons (Fsp3) is 0.167. The first-order valence-electron chi connectivity index (χ1n) is 12.5. The Labute approximate surface area is 223 Å². The smallest absolute Gasteiger partial charge is 0.283 e. The fourth-order valence-corrected chi connectivity index (χ4v) is 5.76. The van der Waals surface area contributed by atoms with Crippen LogP contribution in [0.25, 0.3) is 16.9 Å². The monoisotopic (exact) mass is 523 g/mol. The summed E-state index contributed by atoms with van der Waals surface area (Å²) in [6.45, 7) is 1.87. The summed E-state index contributed by atoms with van der Waals surface area (Å²) in [4.78, 5) is 18.9. The number of aryl methyl sites for hydroxylation is 1. The second-order valence-corrected chi connectivity index (χ2v) is 10.1. The van der Waals surface area contributed by atoms with Crippen LogP contribution in [0.4, 0.5) is 10.1 Å². The van der Waals surface area contributed by atoms with Crippen molar-refractivity contribution < 1.29 is 4.39 Å². The van der Waals surface area contributed by atoms with Crippen LogP contribution in [0.2, 0.25) is 0 Å². The number of hydrogen-bond acceptors (Lipinski definition) is 4. The highest BCUT2D eigenvalue weighted by Crippen LogP contribution is 2.26. The molecule has 2 heterocycles. The molecule has 0 bridgehead atoms. The van der Waals surface area contributed by atoms with E-state index in [0.29, 0.717) is 21.7 Å². The fourth-order valence-electron chi connectivity index (χ4n) is 4.93. The molecule has 3 aromatic carbocycles. The molecule has 0 N–H and O–H groups in total. The van der Waals surface area contributed by atoms with Gasteiger partial charge in [-0.25, -0.2) is 18.7 Å². The lowest BCUT2D eigenvalue weighted by Crippen LogP contribution is -2.20. The lowest BCUT2D eigenvalue weighted by molar-refractivity contribution is 0.629. The van der Waals surface area contributed by atoms with E-state index in [1.165, 1.54) is 23.0 Å². The van der Waals surface area contributed by atoms with Gasteiger partial charge in [0.25, 0.3) is 5.56 Å². The maximum Gasteiger partial charge on any atom is 0.297 e. The summed E-state index contributed by atoms with van der Waals surface area (Å²) in [5, 5.41) is 6.90. The first kappa shape index (κ1) is 24.1. The molecule has 6 nitrogen and oxygen atoms in total. The second kappa shape index (κ2) is 9.87. The number of benzene rings is 3. The van der Waals surface area contributed by atoms with Gasteiger partial charge in [0.2, 0.25) is 4.80 Å². The van der Waals surface area contributed by atoms with Gasteiger partial charge in [0.1, 0.15) is 5.82 Å². The molecule has 190 valence electrons. The summed E-state index contributed by atoms with van der Waals surface area (Å²) < 4.78 is 20.0. The zero-order valence-electron chi connectivity index (χ0n) is 21.1. The number of fused-ring (bicyclic) bond motifs is 1. The van der Waals surface area contributed by atoms with Crippen LogP contribution in [-0.2, 0) is 13.5 Å². The molecule has 6 rings (SSSR count). The van der Waals surface area contributed by atoms with Gasteiger partial charge in [-0.15, -0.1) is 11.3 Å². The standard InChI is InChI=1S/C30H26FN5OS/c1-20-28(29(37)36(34(20)2)22-13-4-3-5-14-22)32-30-35(27(19-38-30)24-16-8-9-17-25(24)31)33-26-18-10-12-21-11-6-7-15-23(21)26/h3-9,11,13-17,19H,10,12,18H2,1-2H3. The molecule has 38 heavy (non-hydrogen) atoms. The molecular weight excluding hydrogens is 497 g/mol. The van der Waals surface area contributed by atoms with Crippen molar-refractivity contribution in [3.8, 4) is 16.9 Å². The van der Waals surface area contributed by atoms with Gasteiger partial charge < -0.3 is 0 Å². The highest BCUT2D eigenvalue weighted by Gasteiger charge is 2.20. The summed E-state index contributed by atoms with van der Waals surface area (Å²) in [7, 11) is 1.84. The van der Waals surface area contributed by atoms with Gasteiger partial charge in [-0.1, -0.05) is 54.6 Å². The minimum atomic E-state index is -0.336. The largest absolute Gasteiger partial charge is 0.297 e. The molecular formula is C30H26FN5OS. The van der Waals surface area contributed by atoms with E-state index in [2.05, 4.69) is 12.1 Å². The van der Waals surface area contributed by atoms with E-state index in [0.717, 1.165) is 41.9 Å². The second-order valence-electron chi connectivity index (χ2n) is 9.27. The van der Waals surface area contributed by atoms with Crippen LogP contribution in [-0.4, -0.2) is 19.8 Å². The van der Waals surface area contributed by atoms with Gasteiger partial charge in [-0.05, 0) is 56.0 Å². The Morgan fingerprint density at radius 3 is 2.39 bits per heavy atom. The molecule has 0 fully saturated rings. The molecule has 0 radical (unpaired) electrons. The van der Waals surface area contributed by atoms with Crippen LogP contribution in [0.1, 0.15) is 29.7 Å². The lowest BCUT2D eigenvalue weighted by Gasteiger charge is -2.18. The summed E-state index contributed by atoms with van der Waals surface area (Å²) in [5.74, 6) is -0.336. The van der Waals surface area contributed by atoms with E-state index in [1.54, 1.807) is 32.2 Å². The Bertz CT molecular complexity index is 1810. The van der Waals surface area contributed by atoms with Crippen molar-refractivity contribution in [2.75, 3.05) is 0 Å². The van der Waals surface area contributed by atoms with Gasteiger partial charge in [0, 0.05) is 23.6 Å². The molecule has 5 aromatic rings. The summed E-state index contributed by atoms with van der Waals surface area (Å²) >= 11 is 1.34. The van der Waals surface area contributed by atoms with Gasteiger partial charge in [-0.3, -0.25) is 9.48 Å². The van der Waals surface area contributed by atoms with Crippen LogP contribution in [0.15, 0.2) is 99.1 Å². The summed E-state index contributed by atoms with van der Waals surface area (Å²) in [5.41, 5.74) is 5.90. The third-order valence-corrected chi connectivity index (χ3v) is 7.79. The van der Waals surface area contributed by atoms with E-state index in [-0.39, 0.29) is 11.4 Å². The molecule has 0 spiro atoms. The first-order chi connectivity index (χ1) is 18.5. The predicted octanol–water partition coefficient (Wildman–Crippen LogP) is 5.97. The van der Waals surface area contributed by atoms with Crippen molar-refractivity contribution in [1.82, 2.24) is 14.0 Å². The third-order valence-electron chi connectivity index (χ3n) is 6.98. The molecule has 0 saturated carbocycles. The number of halogens is 1. The highest BCUT2D eigenvalue weighted by molar-refractivity contribution is 7.07. The number of thiazole rings is 1. The van der Waals surface area contributed by atoms with Gasteiger partial charge in [0.05, 0.1) is 22.8 Å². The topological polar surface area (TPSA) is 56.6 Å². The lowest BCUT2D eigenvalue weighted by atomic mass is 9.90. The molecule has 2 aromatic heterocycles. The molecule has 0 aliphatic heterocycles. The Balaban J connectivity index is 1.59. The van der Waals surface area contributed by atoms with E-state index in [1.807, 2.05) is 61.8 Å². The van der Waals surface area contributed by atoms with Crippen molar-refractivity contribution in [2.45, 2.75) is 26.2 Å². The Morgan fingerprint density at radius 2 is 1.61 bits per heavy atom. The molecule has 0 atom stereocenters. The van der Waals surface area contributed by atoms with Gasteiger partial charge >= 0.3 is 0 Å². The van der Waals surface area contributed by atoms with Crippen molar-refractivity contribution >= 4 is 22.7 Å². The van der Waals surface area contributed by atoms with Crippen LogP contribution in [0, 0.1) is 12.7 Å². The number of hydrogen-bond donors (Lipinski definition) is 0. The van der Waals surface area contributed by atoms with E-state index >= 15 is 0 Å². The van der Waals surface area contributed by atoms with Crippen LogP contribution >= 0.6 is 11.3 Å². The maximum atomic E-state index is 14.9. The zero-order valence-corrected chi connectivity index (χ0v) is 22.0. The van der Waals surface area contributed by atoms with Crippen LogP contribution < -0.4 is 10.4 Å². The Hall–Kier alpha value is -4.30. The third kappa shape index (κ3) is 4.16. The first-order valence-corrected chi connectivity index (χ1v) is 13.4.